The van der Waals surface area contributed by atoms with Crippen molar-refractivity contribution in [1.82, 2.24) is 33.4 Å². The first kappa shape index (κ1) is 29.9. The molecule has 5 heterocycles. The van der Waals surface area contributed by atoms with E-state index in [2.05, 4.69) is 48.7 Å². The van der Waals surface area contributed by atoms with Crippen molar-refractivity contribution in [3.63, 3.8) is 0 Å². The molecule has 0 saturated carbocycles. The number of alkyl halides is 3. The van der Waals surface area contributed by atoms with Crippen LogP contribution in [-0.2, 0) is 23.4 Å². The Labute approximate surface area is 254 Å². The predicted octanol–water partition coefficient (Wildman–Crippen LogP) is 4.20. The number of imidazole rings is 1. The summed E-state index contributed by atoms with van der Waals surface area (Å²) in [5, 5.41) is 3.59. The number of likely N-dealkylation sites (tertiary alicyclic amines) is 1. The number of hydrogen-bond donors (Lipinski definition) is 1. The summed E-state index contributed by atoms with van der Waals surface area (Å²) in [4.78, 5) is 29.4. The molecule has 4 aromatic heterocycles. The maximum Gasteiger partial charge on any atom is 0.403 e. The van der Waals surface area contributed by atoms with Crippen LogP contribution in [0, 0.1) is 0 Å². The highest BCUT2D eigenvalue weighted by Gasteiger charge is 2.38. The topological polar surface area (TPSA) is 128 Å². The van der Waals surface area contributed by atoms with Crippen molar-refractivity contribution in [2.24, 2.45) is 7.05 Å². The lowest BCUT2D eigenvalue weighted by atomic mass is 9.98. The summed E-state index contributed by atoms with van der Waals surface area (Å²) < 4.78 is 70.7. The molecule has 1 saturated heterocycles. The highest BCUT2D eigenvalue weighted by Crippen LogP contribution is 2.30. The zero-order valence-corrected chi connectivity index (χ0v) is 25.2. The van der Waals surface area contributed by atoms with Crippen molar-refractivity contribution in [2.75, 3.05) is 31.2 Å². The molecular formula is C28H27F3N8O3S2. The lowest BCUT2D eigenvalue weighted by Gasteiger charge is -2.15. The van der Waals surface area contributed by atoms with Gasteiger partial charge in [0.25, 0.3) is 5.56 Å². The molecule has 6 rings (SSSR count). The summed E-state index contributed by atoms with van der Waals surface area (Å²) in [6.45, 7) is 1.66. The zero-order valence-electron chi connectivity index (χ0n) is 23.6. The number of pyridine rings is 1. The number of nitrogens with one attached hydrogen (secondary N) is 1. The Morgan fingerprint density at radius 2 is 1.89 bits per heavy atom. The predicted molar refractivity (Wildman–Crippen MR) is 160 cm³/mol. The van der Waals surface area contributed by atoms with E-state index in [0.29, 0.717) is 28.7 Å². The van der Waals surface area contributed by atoms with Gasteiger partial charge in [0.15, 0.2) is 15.6 Å². The van der Waals surface area contributed by atoms with Crippen LogP contribution in [0.1, 0.15) is 23.5 Å². The molecule has 1 unspecified atom stereocenters. The van der Waals surface area contributed by atoms with E-state index in [-0.39, 0.29) is 22.7 Å². The summed E-state index contributed by atoms with van der Waals surface area (Å²) in [5.74, 6) is -1.05. The Kier molecular flexibility index (Phi) is 7.75. The number of aromatic nitrogens is 6. The maximum absolute atomic E-state index is 13.9. The van der Waals surface area contributed by atoms with Crippen molar-refractivity contribution in [1.29, 1.82) is 0 Å². The fourth-order valence-electron chi connectivity index (χ4n) is 5.39. The minimum absolute atomic E-state index is 0.0547. The number of fused-ring (bicyclic) bond motifs is 1. The van der Waals surface area contributed by atoms with Gasteiger partial charge in [-0.1, -0.05) is 12.1 Å². The minimum Gasteiger partial charge on any atom is -0.334 e. The normalized spacial score (nSPS) is 16.2. The quantitative estimate of drug-likeness (QED) is 0.264. The number of likely N-dealkylation sites (N-methyl/N-ethyl adjacent to an activating group) is 1. The highest BCUT2D eigenvalue weighted by atomic mass is 32.2. The molecule has 1 aliphatic heterocycles. The first-order valence-electron chi connectivity index (χ1n) is 13.5. The fraction of sp³-hybridized carbons (Fsp3) is 0.321. The van der Waals surface area contributed by atoms with Gasteiger partial charge in [-0.15, -0.1) is 0 Å². The van der Waals surface area contributed by atoms with Gasteiger partial charge in [0.2, 0.25) is 5.95 Å². The Bertz CT molecular complexity index is 2000. The smallest absolute Gasteiger partial charge is 0.334 e. The fourth-order valence-corrected chi connectivity index (χ4v) is 7.74. The van der Waals surface area contributed by atoms with E-state index in [1.165, 1.54) is 22.5 Å². The van der Waals surface area contributed by atoms with Gasteiger partial charge in [0.05, 0.1) is 12.1 Å². The standard InChI is InChI=1S/C28H27F3N8O3S2/c1-37-9-7-18(14-37)17-3-5-21(6-4-17)35-27-33-12-19-11-22(24-32-8-10-38(24)2)25(40)39(23(19)36-27)15-20-13-34-43-26(20)44(41,42)16-28(29,30)31/h3-6,8,10-13,18H,7,9,14-16H2,1-2H3,(H,33,35,36). The molecule has 5 aromatic rings. The summed E-state index contributed by atoms with van der Waals surface area (Å²) in [7, 11) is -0.953. The van der Waals surface area contributed by atoms with Crippen LogP contribution in [0.25, 0.3) is 22.4 Å². The summed E-state index contributed by atoms with van der Waals surface area (Å²) in [6.07, 6.45) is 2.00. The average Bonchev–Trinajstić information content (AvgIpc) is 3.71. The average molecular weight is 645 g/mol. The number of rotatable bonds is 8. The molecule has 0 aliphatic carbocycles. The Balaban J connectivity index is 1.40. The molecule has 0 spiro atoms. The van der Waals surface area contributed by atoms with Crippen molar-refractivity contribution in [3.8, 4) is 11.4 Å². The first-order chi connectivity index (χ1) is 20.9. The van der Waals surface area contributed by atoms with Gasteiger partial charge >= 0.3 is 6.18 Å². The first-order valence-corrected chi connectivity index (χ1v) is 16.0. The zero-order chi connectivity index (χ0) is 31.2. The lowest BCUT2D eigenvalue weighted by molar-refractivity contribution is -0.106. The second-order valence-corrected chi connectivity index (χ2v) is 13.8. The highest BCUT2D eigenvalue weighted by molar-refractivity contribution is 7.93. The molecule has 16 heteroatoms. The van der Waals surface area contributed by atoms with Gasteiger partial charge in [-0.2, -0.15) is 22.5 Å². The van der Waals surface area contributed by atoms with Gasteiger partial charge in [0, 0.05) is 55.0 Å². The summed E-state index contributed by atoms with van der Waals surface area (Å²) in [5.41, 5.74) is 1.68. The van der Waals surface area contributed by atoms with Crippen LogP contribution in [0.3, 0.4) is 0 Å². The van der Waals surface area contributed by atoms with Gasteiger partial charge in [-0.3, -0.25) is 9.36 Å². The molecule has 1 aromatic carbocycles. The number of hydrogen-bond acceptors (Lipinski definition) is 10. The van der Waals surface area contributed by atoms with E-state index in [0.717, 1.165) is 31.4 Å². The van der Waals surface area contributed by atoms with Crippen molar-refractivity contribution in [2.45, 2.75) is 29.3 Å². The van der Waals surface area contributed by atoms with Gasteiger partial charge in [-0.05, 0) is 61.2 Å². The molecule has 0 bridgehead atoms. The number of aryl methyl sites for hydroxylation is 1. The van der Waals surface area contributed by atoms with E-state index in [4.69, 9.17) is 0 Å². The molecule has 0 amide bonds. The molecule has 1 N–H and O–H groups in total. The van der Waals surface area contributed by atoms with Crippen LogP contribution in [-0.4, -0.2) is 73.8 Å². The minimum atomic E-state index is -4.94. The van der Waals surface area contributed by atoms with Crippen molar-refractivity contribution < 1.29 is 21.6 Å². The third-order valence-electron chi connectivity index (χ3n) is 7.49. The van der Waals surface area contributed by atoms with Crippen LogP contribution in [0.5, 0.6) is 0 Å². The number of halogens is 3. The number of nitrogens with zero attached hydrogens (tertiary/aromatic N) is 7. The van der Waals surface area contributed by atoms with E-state index >= 15 is 0 Å². The molecular weight excluding hydrogens is 617 g/mol. The SMILES string of the molecule is CN1CCC(c2ccc(Nc3ncc4cc(-c5nccn5C)c(=O)n(Cc5cnsc5S(=O)(=O)CC(F)(F)F)c4n3)cc2)C1. The number of benzene rings is 1. The third-order valence-corrected chi connectivity index (χ3v) is 10.6. The molecule has 230 valence electrons. The monoisotopic (exact) mass is 644 g/mol. The molecule has 1 atom stereocenters. The van der Waals surface area contributed by atoms with Crippen LogP contribution < -0.4 is 10.9 Å². The summed E-state index contributed by atoms with van der Waals surface area (Å²) >= 11 is 0.430. The Hall–Kier alpha value is -4.15. The van der Waals surface area contributed by atoms with E-state index < -0.39 is 38.1 Å². The van der Waals surface area contributed by atoms with Gasteiger partial charge in [0.1, 0.15) is 15.7 Å². The van der Waals surface area contributed by atoms with Crippen LogP contribution >= 0.6 is 11.5 Å². The van der Waals surface area contributed by atoms with Gasteiger partial charge < -0.3 is 14.8 Å². The Morgan fingerprint density at radius 1 is 1.11 bits per heavy atom. The van der Waals surface area contributed by atoms with Crippen molar-refractivity contribution >= 4 is 44.0 Å². The van der Waals surface area contributed by atoms with Crippen LogP contribution in [0.2, 0.25) is 0 Å². The van der Waals surface area contributed by atoms with E-state index in [9.17, 15) is 26.4 Å². The molecule has 1 aliphatic rings. The molecule has 11 nitrogen and oxygen atoms in total. The third kappa shape index (κ3) is 6.09. The number of sulfone groups is 1. The van der Waals surface area contributed by atoms with Crippen LogP contribution in [0.15, 0.2) is 64.1 Å². The van der Waals surface area contributed by atoms with Crippen molar-refractivity contribution in [3.05, 3.63) is 76.6 Å². The van der Waals surface area contributed by atoms with E-state index in [1.807, 2.05) is 12.1 Å². The maximum atomic E-state index is 13.9. The van der Waals surface area contributed by atoms with E-state index in [1.54, 1.807) is 23.9 Å². The molecule has 0 radical (unpaired) electrons. The second-order valence-electron chi connectivity index (χ2n) is 10.8. The van der Waals surface area contributed by atoms with Gasteiger partial charge in [-0.25, -0.2) is 18.4 Å². The van der Waals surface area contributed by atoms with Crippen LogP contribution in [0.4, 0.5) is 24.8 Å². The lowest BCUT2D eigenvalue weighted by Crippen LogP contribution is -2.26. The number of anilines is 2. The Morgan fingerprint density at radius 3 is 2.55 bits per heavy atom. The largest absolute Gasteiger partial charge is 0.403 e. The second kappa shape index (κ2) is 11.4. The molecule has 1 fully saturated rings. The summed E-state index contributed by atoms with van der Waals surface area (Å²) in [6, 6.07) is 9.53. The molecule has 44 heavy (non-hydrogen) atoms.